The minimum atomic E-state index is -0.0717. The van der Waals surface area contributed by atoms with Gasteiger partial charge in [0.05, 0.1) is 18.3 Å². The summed E-state index contributed by atoms with van der Waals surface area (Å²) in [5.74, 6) is 1.22. The highest BCUT2D eigenvalue weighted by Gasteiger charge is 2.17. The Morgan fingerprint density at radius 3 is 2.65 bits per heavy atom. The predicted molar refractivity (Wildman–Crippen MR) is 73.4 cm³/mol. The van der Waals surface area contributed by atoms with Crippen LogP contribution in [0.3, 0.4) is 0 Å². The molecule has 0 spiro atoms. The Balaban J connectivity index is 2.21. The molecule has 0 saturated heterocycles. The topological polar surface area (TPSA) is 112 Å². The minimum absolute atomic E-state index is 0.0717. The standard InChI is InChI=1S/C12H18N6O2/c1-5-19-12-16-10(13)15-11(17-12)14-6(2)9-7(3)18-20-8(9)4/h6H,5H2,1-4H3,(H3,13,14,15,16,17). The van der Waals surface area contributed by atoms with Crippen molar-refractivity contribution in [1.29, 1.82) is 0 Å². The molecule has 0 amide bonds. The average molecular weight is 278 g/mol. The first-order valence-electron chi connectivity index (χ1n) is 6.35. The Hall–Kier alpha value is -2.38. The van der Waals surface area contributed by atoms with Crippen LogP contribution in [0, 0.1) is 13.8 Å². The van der Waals surface area contributed by atoms with Crippen LogP contribution in [0.25, 0.3) is 0 Å². The largest absolute Gasteiger partial charge is 0.464 e. The Labute approximate surface area is 116 Å². The van der Waals surface area contributed by atoms with Crippen molar-refractivity contribution < 1.29 is 9.26 Å². The zero-order chi connectivity index (χ0) is 14.7. The first-order chi connectivity index (χ1) is 9.51. The Morgan fingerprint density at radius 1 is 1.30 bits per heavy atom. The molecule has 2 aromatic heterocycles. The molecular weight excluding hydrogens is 260 g/mol. The normalized spacial score (nSPS) is 12.2. The number of aryl methyl sites for hydroxylation is 2. The van der Waals surface area contributed by atoms with Gasteiger partial charge in [0.2, 0.25) is 11.9 Å². The van der Waals surface area contributed by atoms with Crippen LogP contribution < -0.4 is 15.8 Å². The Kier molecular flexibility index (Phi) is 4.02. The van der Waals surface area contributed by atoms with E-state index in [4.69, 9.17) is 15.0 Å². The van der Waals surface area contributed by atoms with Gasteiger partial charge < -0.3 is 20.3 Å². The number of nitrogens with zero attached hydrogens (tertiary/aromatic N) is 4. The number of hydrogen-bond donors (Lipinski definition) is 2. The van der Waals surface area contributed by atoms with E-state index in [0.717, 1.165) is 17.0 Å². The lowest BCUT2D eigenvalue weighted by atomic mass is 10.1. The third kappa shape index (κ3) is 2.95. The van der Waals surface area contributed by atoms with Crippen molar-refractivity contribution in [2.45, 2.75) is 33.7 Å². The molecule has 108 valence electrons. The second-order valence-electron chi connectivity index (χ2n) is 4.34. The fourth-order valence-electron chi connectivity index (χ4n) is 2.00. The molecule has 8 heteroatoms. The van der Waals surface area contributed by atoms with Gasteiger partial charge in [0, 0.05) is 5.56 Å². The van der Waals surface area contributed by atoms with Crippen molar-refractivity contribution in [3.63, 3.8) is 0 Å². The molecule has 0 aliphatic heterocycles. The lowest BCUT2D eigenvalue weighted by Gasteiger charge is -2.14. The van der Waals surface area contributed by atoms with Crippen molar-refractivity contribution >= 4 is 11.9 Å². The van der Waals surface area contributed by atoms with Gasteiger partial charge in [-0.3, -0.25) is 0 Å². The number of nitrogens with two attached hydrogens (primary N) is 1. The molecular formula is C12H18N6O2. The molecule has 2 aromatic rings. The number of anilines is 2. The van der Waals surface area contributed by atoms with E-state index in [2.05, 4.69) is 25.4 Å². The average Bonchev–Trinajstić information content (AvgIpc) is 2.68. The fourth-order valence-corrected chi connectivity index (χ4v) is 2.00. The molecule has 0 bridgehead atoms. The van der Waals surface area contributed by atoms with Gasteiger partial charge in [-0.05, 0) is 27.7 Å². The highest BCUT2D eigenvalue weighted by atomic mass is 16.5. The van der Waals surface area contributed by atoms with E-state index < -0.39 is 0 Å². The van der Waals surface area contributed by atoms with E-state index in [0.29, 0.717) is 12.6 Å². The van der Waals surface area contributed by atoms with Crippen molar-refractivity contribution in [1.82, 2.24) is 20.1 Å². The summed E-state index contributed by atoms with van der Waals surface area (Å²) >= 11 is 0. The molecule has 0 aliphatic rings. The van der Waals surface area contributed by atoms with E-state index in [1.807, 2.05) is 27.7 Å². The highest BCUT2D eigenvalue weighted by molar-refractivity contribution is 5.37. The molecule has 8 nitrogen and oxygen atoms in total. The number of ether oxygens (including phenoxy) is 1. The van der Waals surface area contributed by atoms with Gasteiger partial charge in [0.15, 0.2) is 0 Å². The Bertz CT molecular complexity index is 578. The van der Waals surface area contributed by atoms with E-state index in [-0.39, 0.29) is 18.0 Å². The van der Waals surface area contributed by atoms with Gasteiger partial charge in [-0.15, -0.1) is 0 Å². The van der Waals surface area contributed by atoms with Crippen LogP contribution in [0.4, 0.5) is 11.9 Å². The molecule has 0 radical (unpaired) electrons. The SMILES string of the molecule is CCOc1nc(N)nc(NC(C)c2c(C)noc2C)n1. The second kappa shape index (κ2) is 5.72. The molecule has 0 aromatic carbocycles. The van der Waals surface area contributed by atoms with Gasteiger partial charge in [-0.25, -0.2) is 0 Å². The third-order valence-corrected chi connectivity index (χ3v) is 2.77. The summed E-state index contributed by atoms with van der Waals surface area (Å²) in [4.78, 5) is 12.1. The zero-order valence-electron chi connectivity index (χ0n) is 12.0. The molecule has 0 fully saturated rings. The van der Waals surface area contributed by atoms with Crippen LogP contribution in [-0.2, 0) is 0 Å². The number of rotatable bonds is 5. The van der Waals surface area contributed by atoms with Crippen molar-refractivity contribution in [2.75, 3.05) is 17.7 Å². The second-order valence-corrected chi connectivity index (χ2v) is 4.34. The zero-order valence-corrected chi connectivity index (χ0v) is 12.0. The quantitative estimate of drug-likeness (QED) is 0.848. The summed E-state index contributed by atoms with van der Waals surface area (Å²) < 4.78 is 10.4. The summed E-state index contributed by atoms with van der Waals surface area (Å²) in [6, 6.07) is 0.131. The van der Waals surface area contributed by atoms with Gasteiger partial charge in [-0.2, -0.15) is 15.0 Å². The molecule has 3 N–H and O–H groups in total. The van der Waals surface area contributed by atoms with Crippen LogP contribution in [0.5, 0.6) is 6.01 Å². The third-order valence-electron chi connectivity index (χ3n) is 2.77. The minimum Gasteiger partial charge on any atom is -0.464 e. The summed E-state index contributed by atoms with van der Waals surface area (Å²) in [5.41, 5.74) is 7.43. The maximum Gasteiger partial charge on any atom is 0.323 e. The summed E-state index contributed by atoms with van der Waals surface area (Å²) in [6.07, 6.45) is 0. The number of nitrogen functional groups attached to an aromatic ring is 1. The van der Waals surface area contributed by atoms with Crippen molar-refractivity contribution in [3.8, 4) is 6.01 Å². The number of aromatic nitrogens is 4. The van der Waals surface area contributed by atoms with Crippen LogP contribution in [0.15, 0.2) is 4.52 Å². The summed E-state index contributed by atoms with van der Waals surface area (Å²) in [7, 11) is 0. The van der Waals surface area contributed by atoms with Crippen molar-refractivity contribution in [2.24, 2.45) is 0 Å². The summed E-state index contributed by atoms with van der Waals surface area (Å²) in [6.45, 7) is 8.02. The molecule has 1 atom stereocenters. The smallest absolute Gasteiger partial charge is 0.323 e. The molecule has 0 saturated carbocycles. The van der Waals surface area contributed by atoms with Gasteiger partial charge in [0.25, 0.3) is 0 Å². The fraction of sp³-hybridized carbons (Fsp3) is 0.500. The monoisotopic (exact) mass is 278 g/mol. The number of nitrogens with one attached hydrogen (secondary N) is 1. The van der Waals surface area contributed by atoms with E-state index in [1.54, 1.807) is 0 Å². The molecule has 20 heavy (non-hydrogen) atoms. The first-order valence-corrected chi connectivity index (χ1v) is 6.35. The van der Waals surface area contributed by atoms with Crippen LogP contribution in [0.1, 0.15) is 36.9 Å². The lowest BCUT2D eigenvalue weighted by molar-refractivity contribution is 0.312. The van der Waals surface area contributed by atoms with Crippen LogP contribution in [-0.4, -0.2) is 26.7 Å². The molecule has 2 rings (SSSR count). The number of hydrogen-bond acceptors (Lipinski definition) is 8. The summed E-state index contributed by atoms with van der Waals surface area (Å²) in [5, 5.41) is 7.07. The van der Waals surface area contributed by atoms with Crippen LogP contribution >= 0.6 is 0 Å². The lowest BCUT2D eigenvalue weighted by Crippen LogP contribution is -2.13. The van der Waals surface area contributed by atoms with E-state index in [1.165, 1.54) is 0 Å². The molecule has 2 heterocycles. The van der Waals surface area contributed by atoms with Gasteiger partial charge in [0.1, 0.15) is 5.76 Å². The maximum atomic E-state index is 5.63. The molecule has 1 unspecified atom stereocenters. The van der Waals surface area contributed by atoms with E-state index in [9.17, 15) is 0 Å². The maximum absolute atomic E-state index is 5.63. The Morgan fingerprint density at radius 2 is 2.05 bits per heavy atom. The predicted octanol–water partition coefficient (Wildman–Crippen LogP) is 1.63. The van der Waals surface area contributed by atoms with Gasteiger partial charge in [-0.1, -0.05) is 5.16 Å². The molecule has 0 aliphatic carbocycles. The highest BCUT2D eigenvalue weighted by Crippen LogP contribution is 2.24. The van der Waals surface area contributed by atoms with Crippen LogP contribution in [0.2, 0.25) is 0 Å². The van der Waals surface area contributed by atoms with Crippen molar-refractivity contribution in [3.05, 3.63) is 17.0 Å². The van der Waals surface area contributed by atoms with Gasteiger partial charge >= 0.3 is 6.01 Å². The van der Waals surface area contributed by atoms with E-state index >= 15 is 0 Å². The first kappa shape index (κ1) is 14.0.